The smallest absolute Gasteiger partial charge is 0.321 e. The van der Waals surface area contributed by atoms with E-state index in [9.17, 15) is 9.59 Å². The molecule has 0 amide bonds. The molecule has 1 saturated heterocycles. The molecular formula is C12H11ClO4. The van der Waals surface area contributed by atoms with Crippen molar-refractivity contribution >= 4 is 23.5 Å². The van der Waals surface area contributed by atoms with Gasteiger partial charge in [0.25, 0.3) is 0 Å². The SMILES string of the molecule is COC(=O)C1CC(c2cccc(Cl)c2)OC1=O. The van der Waals surface area contributed by atoms with Gasteiger partial charge in [-0.05, 0) is 17.7 Å². The van der Waals surface area contributed by atoms with Crippen molar-refractivity contribution in [1.82, 2.24) is 0 Å². The fraction of sp³-hybridized carbons (Fsp3) is 0.333. The Labute approximate surface area is 103 Å². The second-order valence-corrected chi connectivity index (χ2v) is 4.23. The van der Waals surface area contributed by atoms with Crippen molar-refractivity contribution in [3.8, 4) is 0 Å². The summed E-state index contributed by atoms with van der Waals surface area (Å²) in [6, 6.07) is 7.04. The van der Waals surface area contributed by atoms with Crippen LogP contribution in [-0.2, 0) is 19.1 Å². The first-order valence-electron chi connectivity index (χ1n) is 5.15. The van der Waals surface area contributed by atoms with Crippen molar-refractivity contribution in [1.29, 1.82) is 0 Å². The molecule has 17 heavy (non-hydrogen) atoms. The van der Waals surface area contributed by atoms with E-state index < -0.39 is 24.0 Å². The molecule has 1 heterocycles. The molecule has 90 valence electrons. The number of carbonyl (C=O) groups excluding carboxylic acids is 2. The van der Waals surface area contributed by atoms with E-state index in [2.05, 4.69) is 4.74 Å². The molecule has 2 unspecified atom stereocenters. The molecule has 2 atom stereocenters. The van der Waals surface area contributed by atoms with Gasteiger partial charge in [-0.1, -0.05) is 23.7 Å². The Morgan fingerprint density at radius 1 is 1.53 bits per heavy atom. The zero-order chi connectivity index (χ0) is 12.4. The minimum atomic E-state index is -0.830. The second kappa shape index (κ2) is 4.75. The molecule has 1 aromatic carbocycles. The number of hydrogen-bond donors (Lipinski definition) is 0. The molecule has 0 saturated carbocycles. The van der Waals surface area contributed by atoms with Crippen LogP contribution in [0.3, 0.4) is 0 Å². The summed E-state index contributed by atoms with van der Waals surface area (Å²) in [5, 5.41) is 0.570. The molecule has 0 spiro atoms. The maximum Gasteiger partial charge on any atom is 0.321 e. The van der Waals surface area contributed by atoms with Crippen molar-refractivity contribution < 1.29 is 19.1 Å². The lowest BCUT2D eigenvalue weighted by Gasteiger charge is -2.08. The van der Waals surface area contributed by atoms with Crippen LogP contribution in [0.2, 0.25) is 5.02 Å². The molecule has 0 radical (unpaired) electrons. The van der Waals surface area contributed by atoms with E-state index >= 15 is 0 Å². The summed E-state index contributed by atoms with van der Waals surface area (Å²) in [7, 11) is 1.25. The maximum absolute atomic E-state index is 11.5. The summed E-state index contributed by atoms with van der Waals surface area (Å²) in [5.74, 6) is -1.93. The molecule has 5 heteroatoms. The van der Waals surface area contributed by atoms with Crippen molar-refractivity contribution in [3.05, 3.63) is 34.9 Å². The highest BCUT2D eigenvalue weighted by molar-refractivity contribution is 6.30. The van der Waals surface area contributed by atoms with Gasteiger partial charge in [0.2, 0.25) is 0 Å². The lowest BCUT2D eigenvalue weighted by molar-refractivity contribution is -0.154. The number of ether oxygens (including phenoxy) is 2. The number of halogens is 1. The summed E-state index contributed by atoms with van der Waals surface area (Å²) >= 11 is 5.85. The average molecular weight is 255 g/mol. The molecule has 4 nitrogen and oxygen atoms in total. The molecule has 1 aromatic rings. The number of rotatable bonds is 2. The Morgan fingerprint density at radius 3 is 2.94 bits per heavy atom. The molecule has 1 aliphatic heterocycles. The number of carbonyl (C=O) groups is 2. The number of hydrogen-bond acceptors (Lipinski definition) is 4. The van der Waals surface area contributed by atoms with E-state index in [-0.39, 0.29) is 0 Å². The summed E-state index contributed by atoms with van der Waals surface area (Å²) in [6.07, 6.45) is -0.128. The van der Waals surface area contributed by atoms with Crippen LogP contribution in [0.15, 0.2) is 24.3 Å². The van der Waals surface area contributed by atoms with Crippen LogP contribution in [0.25, 0.3) is 0 Å². The predicted octanol–water partition coefficient (Wildman–Crippen LogP) is 2.12. The van der Waals surface area contributed by atoms with Crippen LogP contribution in [0.5, 0.6) is 0 Å². The van der Waals surface area contributed by atoms with Crippen molar-refractivity contribution in [3.63, 3.8) is 0 Å². The van der Waals surface area contributed by atoms with E-state index in [1.807, 2.05) is 6.07 Å². The third kappa shape index (κ3) is 2.42. The first-order chi connectivity index (χ1) is 8.11. The zero-order valence-corrected chi connectivity index (χ0v) is 9.94. The second-order valence-electron chi connectivity index (χ2n) is 3.79. The van der Waals surface area contributed by atoms with E-state index in [0.717, 1.165) is 5.56 Å². The van der Waals surface area contributed by atoms with Gasteiger partial charge in [0.15, 0.2) is 5.92 Å². The van der Waals surface area contributed by atoms with Gasteiger partial charge in [-0.15, -0.1) is 0 Å². The highest BCUT2D eigenvalue weighted by Crippen LogP contribution is 2.34. The summed E-state index contributed by atoms with van der Waals surface area (Å²) in [5.41, 5.74) is 0.789. The highest BCUT2D eigenvalue weighted by atomic mass is 35.5. The predicted molar refractivity (Wildman–Crippen MR) is 60.4 cm³/mol. The van der Waals surface area contributed by atoms with Gasteiger partial charge >= 0.3 is 11.9 Å². The molecule has 2 rings (SSSR count). The number of benzene rings is 1. The highest BCUT2D eigenvalue weighted by Gasteiger charge is 2.40. The largest absolute Gasteiger partial charge is 0.468 e. The minimum absolute atomic E-state index is 0.297. The van der Waals surface area contributed by atoms with Gasteiger partial charge in [-0.2, -0.15) is 0 Å². The van der Waals surface area contributed by atoms with Gasteiger partial charge in [0.1, 0.15) is 6.10 Å². The van der Waals surface area contributed by atoms with E-state index in [1.54, 1.807) is 18.2 Å². The van der Waals surface area contributed by atoms with E-state index in [1.165, 1.54) is 7.11 Å². The van der Waals surface area contributed by atoms with Crippen LogP contribution < -0.4 is 0 Å². The Balaban J connectivity index is 2.16. The van der Waals surface area contributed by atoms with Gasteiger partial charge in [-0.3, -0.25) is 9.59 Å². The summed E-state index contributed by atoms with van der Waals surface area (Å²) in [4.78, 5) is 22.8. The third-order valence-corrected chi connectivity index (χ3v) is 2.93. The van der Waals surface area contributed by atoms with Gasteiger partial charge in [0, 0.05) is 11.4 Å². The fourth-order valence-electron chi connectivity index (χ4n) is 1.83. The average Bonchev–Trinajstić information content (AvgIpc) is 2.70. The van der Waals surface area contributed by atoms with Crippen LogP contribution in [0, 0.1) is 5.92 Å². The molecule has 1 fully saturated rings. The molecule has 0 N–H and O–H groups in total. The Morgan fingerprint density at radius 2 is 2.29 bits per heavy atom. The monoisotopic (exact) mass is 254 g/mol. The summed E-state index contributed by atoms with van der Waals surface area (Å²) in [6.45, 7) is 0. The molecule has 0 bridgehead atoms. The van der Waals surface area contributed by atoms with Crippen LogP contribution in [0.1, 0.15) is 18.1 Å². The number of esters is 2. The zero-order valence-electron chi connectivity index (χ0n) is 9.18. The van der Waals surface area contributed by atoms with Crippen molar-refractivity contribution in [2.45, 2.75) is 12.5 Å². The minimum Gasteiger partial charge on any atom is -0.468 e. The third-order valence-electron chi connectivity index (χ3n) is 2.70. The Hall–Kier alpha value is -1.55. The normalized spacial score (nSPS) is 23.3. The first-order valence-corrected chi connectivity index (χ1v) is 5.53. The lowest BCUT2D eigenvalue weighted by atomic mass is 10.0. The Kier molecular flexibility index (Phi) is 3.33. The first kappa shape index (κ1) is 11.9. The van der Waals surface area contributed by atoms with Crippen LogP contribution >= 0.6 is 11.6 Å². The fourth-order valence-corrected chi connectivity index (χ4v) is 2.03. The number of methoxy groups -OCH3 is 1. The Bertz CT molecular complexity index is 458. The lowest BCUT2D eigenvalue weighted by Crippen LogP contribution is -2.20. The molecule has 0 aliphatic carbocycles. The van der Waals surface area contributed by atoms with Gasteiger partial charge < -0.3 is 9.47 Å². The van der Waals surface area contributed by atoms with Crippen molar-refractivity contribution in [2.75, 3.05) is 7.11 Å². The quantitative estimate of drug-likeness (QED) is 0.599. The molecular weight excluding hydrogens is 244 g/mol. The van der Waals surface area contributed by atoms with Gasteiger partial charge in [0.05, 0.1) is 7.11 Å². The standard InChI is InChI=1S/C12H11ClO4/c1-16-11(14)9-6-10(17-12(9)15)7-3-2-4-8(13)5-7/h2-5,9-10H,6H2,1H3. The maximum atomic E-state index is 11.5. The molecule has 1 aliphatic rings. The topological polar surface area (TPSA) is 52.6 Å². The van der Waals surface area contributed by atoms with Crippen molar-refractivity contribution in [2.24, 2.45) is 5.92 Å². The van der Waals surface area contributed by atoms with Crippen LogP contribution in [0.4, 0.5) is 0 Å². The van der Waals surface area contributed by atoms with Gasteiger partial charge in [-0.25, -0.2) is 0 Å². The van der Waals surface area contributed by atoms with E-state index in [0.29, 0.717) is 11.4 Å². The van der Waals surface area contributed by atoms with E-state index in [4.69, 9.17) is 16.3 Å². The molecule has 0 aromatic heterocycles. The van der Waals surface area contributed by atoms with Crippen LogP contribution in [-0.4, -0.2) is 19.0 Å². The number of cyclic esters (lactones) is 1. The summed E-state index contributed by atoms with van der Waals surface area (Å²) < 4.78 is 9.69.